The lowest BCUT2D eigenvalue weighted by atomic mass is 9.98. The van der Waals surface area contributed by atoms with Crippen molar-refractivity contribution < 1.29 is 23.9 Å². The summed E-state index contributed by atoms with van der Waals surface area (Å²) in [5.41, 5.74) is 4.07. The van der Waals surface area contributed by atoms with E-state index >= 15 is 0 Å². The Labute approximate surface area is 170 Å². The van der Waals surface area contributed by atoms with Gasteiger partial charge in [-0.1, -0.05) is 0 Å². The van der Waals surface area contributed by atoms with E-state index < -0.39 is 47.2 Å². The summed E-state index contributed by atoms with van der Waals surface area (Å²) < 4.78 is 5.11. The zero-order valence-corrected chi connectivity index (χ0v) is 16.9. The van der Waals surface area contributed by atoms with Crippen molar-refractivity contribution in [2.45, 2.75) is 38.5 Å². The highest BCUT2D eigenvalue weighted by Gasteiger charge is 2.41. The van der Waals surface area contributed by atoms with Crippen molar-refractivity contribution in [2.75, 3.05) is 18.4 Å². The molecule has 13 heteroatoms. The van der Waals surface area contributed by atoms with E-state index in [2.05, 4.69) is 26.3 Å². The lowest BCUT2D eigenvalue weighted by Crippen LogP contribution is -2.72. The molecule has 7 N–H and O–H groups in total. The second-order valence-electron chi connectivity index (χ2n) is 7.11. The van der Waals surface area contributed by atoms with E-state index in [9.17, 15) is 19.2 Å². The number of amides is 4. The van der Waals surface area contributed by atoms with Crippen molar-refractivity contribution in [3.05, 3.63) is 11.1 Å². The summed E-state index contributed by atoms with van der Waals surface area (Å²) in [5.74, 6) is -1.63. The summed E-state index contributed by atoms with van der Waals surface area (Å²) in [6, 6.07) is -1.39. The summed E-state index contributed by atoms with van der Waals surface area (Å²) in [5, 5.41) is 19.5. The average Bonchev–Trinajstić information content (AvgIpc) is 3.08. The largest absolute Gasteiger partial charge is 0.444 e. The molecule has 0 saturated carbocycles. The number of hydrogen-bond acceptors (Lipinski definition) is 9. The first-order chi connectivity index (χ1) is 13.5. The maximum atomic E-state index is 12.3. The smallest absolute Gasteiger partial charge is 0.413 e. The first-order valence-corrected chi connectivity index (χ1v) is 9.50. The van der Waals surface area contributed by atoms with Crippen LogP contribution in [-0.4, -0.2) is 65.3 Å². The molecule has 2 atom stereocenters. The highest BCUT2D eigenvalue weighted by Crippen LogP contribution is 2.18. The number of ether oxygens (including phenoxy) is 1. The Hall–Kier alpha value is -3.06. The zero-order chi connectivity index (χ0) is 21.8. The Morgan fingerprint density at radius 2 is 2.07 bits per heavy atom. The van der Waals surface area contributed by atoms with Crippen LogP contribution in [0.3, 0.4) is 0 Å². The highest BCUT2D eigenvalue weighted by atomic mass is 32.1. The summed E-state index contributed by atoms with van der Waals surface area (Å²) in [7, 11) is 0. The molecule has 29 heavy (non-hydrogen) atoms. The Morgan fingerprint density at radius 3 is 2.66 bits per heavy atom. The molecule has 0 radical (unpaired) electrons. The minimum atomic E-state index is -0.890. The lowest BCUT2D eigenvalue weighted by molar-refractivity contribution is -0.135. The van der Waals surface area contributed by atoms with Gasteiger partial charge in [0.25, 0.3) is 5.91 Å². The van der Waals surface area contributed by atoms with Crippen LogP contribution >= 0.6 is 11.3 Å². The number of hydrogen-bond donors (Lipinski definition) is 6. The Morgan fingerprint density at radius 1 is 1.38 bits per heavy atom. The molecule has 1 fully saturated rings. The number of carbonyl (C=O) groups excluding carboxylic acids is 4. The SMILES string of the molecule is CC(C)(C)OC(=O)Nc1nc(C(=N)C(=O)N[C@@H]2C(=O)N[C@@H]2CNC(=O)CN)cs1. The molecule has 1 aliphatic heterocycles. The summed E-state index contributed by atoms with van der Waals surface area (Å²) in [6.07, 6.45) is -0.706. The second kappa shape index (κ2) is 8.96. The summed E-state index contributed by atoms with van der Waals surface area (Å²) >= 11 is 1.02. The molecular weight excluding hydrogens is 402 g/mol. The standard InChI is InChI=1S/C16H23N7O5S/c1-16(2,3)28-15(27)23-14-21-8(6-29-14)10(18)12(25)22-11-7(20-13(11)26)5-19-9(24)4-17/h6-7,11,18H,4-5,17H2,1-3H3,(H,19,24)(H,20,26)(H,22,25)(H,21,23,27)/t7-,11+/m1/s1. The maximum absolute atomic E-state index is 12.3. The first kappa shape index (κ1) is 22.2. The van der Waals surface area contributed by atoms with E-state index in [-0.39, 0.29) is 23.9 Å². The van der Waals surface area contributed by atoms with Crippen LogP contribution in [-0.2, 0) is 19.1 Å². The fourth-order valence-electron chi connectivity index (χ4n) is 2.24. The molecule has 0 bridgehead atoms. The molecule has 2 heterocycles. The molecule has 0 aromatic carbocycles. The van der Waals surface area contributed by atoms with Crippen LogP contribution in [0.2, 0.25) is 0 Å². The van der Waals surface area contributed by atoms with Gasteiger partial charge in [-0.2, -0.15) is 0 Å². The van der Waals surface area contributed by atoms with E-state index in [0.717, 1.165) is 11.3 Å². The molecule has 0 spiro atoms. The molecule has 1 aliphatic rings. The van der Waals surface area contributed by atoms with E-state index in [1.807, 2.05) is 0 Å². The van der Waals surface area contributed by atoms with Gasteiger partial charge in [0, 0.05) is 11.9 Å². The minimum Gasteiger partial charge on any atom is -0.444 e. The highest BCUT2D eigenvalue weighted by molar-refractivity contribution is 7.14. The molecule has 0 unspecified atom stereocenters. The Kier molecular flexibility index (Phi) is 6.87. The molecule has 158 valence electrons. The quantitative estimate of drug-likeness (QED) is 0.236. The van der Waals surface area contributed by atoms with Crippen molar-refractivity contribution in [2.24, 2.45) is 5.73 Å². The van der Waals surface area contributed by atoms with Gasteiger partial charge in [0.05, 0.1) is 12.6 Å². The molecule has 2 rings (SSSR count). The molecule has 1 aromatic heterocycles. The van der Waals surface area contributed by atoms with Crippen LogP contribution in [0.5, 0.6) is 0 Å². The van der Waals surface area contributed by atoms with E-state index in [1.165, 1.54) is 5.38 Å². The molecule has 1 aromatic rings. The van der Waals surface area contributed by atoms with Gasteiger partial charge in [0.2, 0.25) is 11.8 Å². The number of β-lactam (4-membered cyclic amide) rings is 1. The average molecular weight is 425 g/mol. The number of rotatable bonds is 7. The van der Waals surface area contributed by atoms with E-state index in [4.69, 9.17) is 15.9 Å². The second-order valence-corrected chi connectivity index (χ2v) is 7.97. The van der Waals surface area contributed by atoms with Gasteiger partial charge >= 0.3 is 6.09 Å². The topological polar surface area (TPSA) is 188 Å². The zero-order valence-electron chi connectivity index (χ0n) is 16.1. The van der Waals surface area contributed by atoms with Gasteiger partial charge in [-0.05, 0) is 20.8 Å². The van der Waals surface area contributed by atoms with E-state index in [0.29, 0.717) is 0 Å². The van der Waals surface area contributed by atoms with Gasteiger partial charge in [-0.15, -0.1) is 11.3 Å². The van der Waals surface area contributed by atoms with Crippen LogP contribution < -0.4 is 27.0 Å². The van der Waals surface area contributed by atoms with Gasteiger partial charge in [-0.25, -0.2) is 9.78 Å². The maximum Gasteiger partial charge on any atom is 0.413 e. The lowest BCUT2D eigenvalue weighted by Gasteiger charge is -2.37. The molecule has 4 amide bonds. The molecular formula is C16H23N7O5S. The van der Waals surface area contributed by atoms with Gasteiger partial charge in [-0.3, -0.25) is 25.1 Å². The van der Waals surface area contributed by atoms with Crippen LogP contribution in [0.15, 0.2) is 5.38 Å². The third-order valence-electron chi connectivity index (χ3n) is 3.60. The first-order valence-electron chi connectivity index (χ1n) is 8.62. The Balaban J connectivity index is 1.91. The van der Waals surface area contributed by atoms with E-state index in [1.54, 1.807) is 20.8 Å². The normalized spacial score (nSPS) is 18.1. The predicted octanol–water partition coefficient (Wildman–Crippen LogP) is -1.08. The predicted molar refractivity (Wildman–Crippen MR) is 105 cm³/mol. The monoisotopic (exact) mass is 425 g/mol. The summed E-state index contributed by atoms with van der Waals surface area (Å²) in [4.78, 5) is 50.9. The number of nitrogens with two attached hydrogens (primary N) is 1. The van der Waals surface area contributed by atoms with Gasteiger partial charge in [0.15, 0.2) is 5.13 Å². The third-order valence-corrected chi connectivity index (χ3v) is 4.36. The fraction of sp³-hybridized carbons (Fsp3) is 0.500. The van der Waals surface area contributed by atoms with Crippen molar-refractivity contribution >= 4 is 46.0 Å². The molecule has 1 saturated heterocycles. The van der Waals surface area contributed by atoms with Crippen LogP contribution in [0.25, 0.3) is 0 Å². The molecule has 12 nitrogen and oxygen atoms in total. The van der Waals surface area contributed by atoms with Crippen molar-refractivity contribution in [1.29, 1.82) is 5.41 Å². The number of aromatic nitrogens is 1. The van der Waals surface area contributed by atoms with Crippen molar-refractivity contribution in [3.63, 3.8) is 0 Å². The minimum absolute atomic E-state index is 0.0336. The number of nitrogens with zero attached hydrogens (tertiary/aromatic N) is 1. The molecule has 0 aliphatic carbocycles. The number of thiazole rings is 1. The van der Waals surface area contributed by atoms with Crippen LogP contribution in [0.1, 0.15) is 26.5 Å². The van der Waals surface area contributed by atoms with Crippen molar-refractivity contribution in [3.8, 4) is 0 Å². The summed E-state index contributed by atoms with van der Waals surface area (Å²) in [6.45, 7) is 5.05. The number of nitrogens with one attached hydrogen (secondary N) is 5. The van der Waals surface area contributed by atoms with Gasteiger partial charge < -0.3 is 26.4 Å². The van der Waals surface area contributed by atoms with Crippen LogP contribution in [0.4, 0.5) is 9.93 Å². The fourth-order valence-corrected chi connectivity index (χ4v) is 2.93. The number of carbonyl (C=O) groups is 4. The van der Waals surface area contributed by atoms with Gasteiger partial charge in [0.1, 0.15) is 23.0 Å². The number of anilines is 1. The Bertz CT molecular complexity index is 832. The van der Waals surface area contributed by atoms with Crippen LogP contribution in [0, 0.1) is 5.41 Å². The third kappa shape index (κ3) is 6.22. The van der Waals surface area contributed by atoms with Crippen molar-refractivity contribution in [1.82, 2.24) is 20.9 Å².